The van der Waals surface area contributed by atoms with Crippen molar-refractivity contribution in [2.45, 2.75) is 25.5 Å². The molecule has 0 spiro atoms. The third kappa shape index (κ3) is 4.59. The first-order valence-corrected chi connectivity index (χ1v) is 11.2. The lowest BCUT2D eigenvalue weighted by Crippen LogP contribution is -2.32. The fraction of sp³-hybridized carbons (Fsp3) is 0.296. The van der Waals surface area contributed by atoms with Gasteiger partial charge in [0.2, 0.25) is 6.79 Å². The van der Waals surface area contributed by atoms with Crippen LogP contribution in [0.3, 0.4) is 0 Å². The maximum absolute atomic E-state index is 9.22. The highest BCUT2D eigenvalue weighted by molar-refractivity contribution is 5.48. The van der Waals surface area contributed by atoms with Gasteiger partial charge in [-0.05, 0) is 47.4 Å². The van der Waals surface area contributed by atoms with Crippen LogP contribution in [-0.4, -0.2) is 31.9 Å². The summed E-state index contributed by atoms with van der Waals surface area (Å²) in [5.41, 5.74) is 4.39. The summed E-state index contributed by atoms with van der Waals surface area (Å²) in [5.74, 6) is 2.65. The van der Waals surface area contributed by atoms with Crippen molar-refractivity contribution in [1.82, 2.24) is 4.90 Å². The molecule has 0 fully saturated rings. The van der Waals surface area contributed by atoms with Crippen LogP contribution in [0.2, 0.25) is 0 Å². The third-order valence-electron chi connectivity index (χ3n) is 6.25. The summed E-state index contributed by atoms with van der Waals surface area (Å²) >= 11 is 0. The zero-order chi connectivity index (χ0) is 22.6. The predicted molar refractivity (Wildman–Crippen MR) is 124 cm³/mol. The molecule has 2 aliphatic rings. The fourth-order valence-electron chi connectivity index (χ4n) is 4.44. The van der Waals surface area contributed by atoms with Crippen molar-refractivity contribution in [3.8, 4) is 29.1 Å². The first-order chi connectivity index (χ1) is 16.2. The van der Waals surface area contributed by atoms with Crippen molar-refractivity contribution >= 4 is 0 Å². The van der Waals surface area contributed by atoms with Gasteiger partial charge in [0, 0.05) is 32.1 Å². The Morgan fingerprint density at radius 2 is 1.85 bits per heavy atom. The highest BCUT2D eigenvalue weighted by atomic mass is 16.7. The maximum Gasteiger partial charge on any atom is 0.231 e. The molecule has 3 aromatic rings. The van der Waals surface area contributed by atoms with Crippen molar-refractivity contribution < 1.29 is 18.9 Å². The molecular formula is C27H26N2O4. The SMILES string of the molecule is COc1cc(C#N)ccc1OC(CCN1CCc2ccccc2C1)c1ccc2c(c1)OCO2. The van der Waals surface area contributed by atoms with Gasteiger partial charge in [0.05, 0.1) is 18.7 Å². The minimum Gasteiger partial charge on any atom is -0.493 e. The van der Waals surface area contributed by atoms with E-state index < -0.39 is 0 Å². The van der Waals surface area contributed by atoms with Crippen LogP contribution in [-0.2, 0) is 13.0 Å². The van der Waals surface area contributed by atoms with Crippen LogP contribution in [0.4, 0.5) is 0 Å². The molecule has 0 radical (unpaired) electrons. The summed E-state index contributed by atoms with van der Waals surface area (Å²) in [7, 11) is 1.59. The standard InChI is InChI=1S/C27H26N2O4/c1-30-26-14-19(16-28)6-8-25(26)33-23(21-7-9-24-27(15-21)32-18-31-24)11-13-29-12-10-20-4-2-3-5-22(20)17-29/h2-9,14-15,23H,10-13,17-18H2,1H3. The Hall–Kier alpha value is -3.69. The highest BCUT2D eigenvalue weighted by Crippen LogP contribution is 2.38. The molecule has 0 bridgehead atoms. The molecule has 168 valence electrons. The third-order valence-corrected chi connectivity index (χ3v) is 6.25. The molecule has 0 saturated carbocycles. The number of nitriles is 1. The van der Waals surface area contributed by atoms with Crippen LogP contribution in [0.25, 0.3) is 0 Å². The Labute approximate surface area is 193 Å². The Balaban J connectivity index is 1.37. The van der Waals surface area contributed by atoms with E-state index in [9.17, 15) is 5.26 Å². The molecule has 2 aliphatic heterocycles. The molecule has 0 aliphatic carbocycles. The Kier molecular flexibility index (Phi) is 6.05. The summed E-state index contributed by atoms with van der Waals surface area (Å²) in [6.45, 7) is 3.11. The van der Waals surface area contributed by atoms with E-state index in [4.69, 9.17) is 18.9 Å². The Morgan fingerprint density at radius 1 is 1.00 bits per heavy atom. The first-order valence-electron chi connectivity index (χ1n) is 11.2. The number of rotatable bonds is 7. The quantitative estimate of drug-likeness (QED) is 0.521. The average molecular weight is 443 g/mol. The molecule has 1 unspecified atom stereocenters. The van der Waals surface area contributed by atoms with Gasteiger partial charge in [0.15, 0.2) is 23.0 Å². The number of fused-ring (bicyclic) bond motifs is 2. The predicted octanol–water partition coefficient (Wildman–Crippen LogP) is 4.86. The summed E-state index contributed by atoms with van der Waals surface area (Å²) in [4.78, 5) is 2.47. The molecule has 0 saturated heterocycles. The second-order valence-electron chi connectivity index (χ2n) is 8.28. The molecular weight excluding hydrogens is 416 g/mol. The normalized spacial score (nSPS) is 15.4. The molecule has 33 heavy (non-hydrogen) atoms. The zero-order valence-corrected chi connectivity index (χ0v) is 18.6. The van der Waals surface area contributed by atoms with Gasteiger partial charge < -0.3 is 18.9 Å². The van der Waals surface area contributed by atoms with Crippen LogP contribution in [0.1, 0.15) is 34.8 Å². The van der Waals surface area contributed by atoms with Gasteiger partial charge in [-0.3, -0.25) is 4.90 Å². The first kappa shape index (κ1) is 21.2. The number of hydrogen-bond donors (Lipinski definition) is 0. The molecule has 0 N–H and O–H groups in total. The molecule has 6 nitrogen and oxygen atoms in total. The van der Waals surface area contributed by atoms with Gasteiger partial charge in [0.1, 0.15) is 6.10 Å². The molecule has 0 amide bonds. The lowest BCUT2D eigenvalue weighted by molar-refractivity contribution is 0.152. The number of benzene rings is 3. The lowest BCUT2D eigenvalue weighted by Gasteiger charge is -2.30. The van der Waals surface area contributed by atoms with Gasteiger partial charge in [-0.15, -0.1) is 0 Å². The lowest BCUT2D eigenvalue weighted by atomic mass is 9.99. The van der Waals surface area contributed by atoms with Gasteiger partial charge in [-0.1, -0.05) is 30.3 Å². The summed E-state index contributed by atoms with van der Waals surface area (Å²) in [6.07, 6.45) is 1.65. The topological polar surface area (TPSA) is 64.0 Å². The Morgan fingerprint density at radius 3 is 2.70 bits per heavy atom. The minimum atomic E-state index is -0.210. The van der Waals surface area contributed by atoms with Gasteiger partial charge >= 0.3 is 0 Å². The van der Waals surface area contributed by atoms with Crippen molar-refractivity contribution in [3.63, 3.8) is 0 Å². The van der Waals surface area contributed by atoms with E-state index in [1.54, 1.807) is 25.3 Å². The van der Waals surface area contributed by atoms with E-state index in [0.717, 1.165) is 49.5 Å². The highest BCUT2D eigenvalue weighted by Gasteiger charge is 2.23. The van der Waals surface area contributed by atoms with Crippen LogP contribution >= 0.6 is 0 Å². The van der Waals surface area contributed by atoms with E-state index >= 15 is 0 Å². The van der Waals surface area contributed by atoms with Crippen LogP contribution in [0.5, 0.6) is 23.0 Å². The van der Waals surface area contributed by atoms with E-state index in [1.807, 2.05) is 18.2 Å². The smallest absolute Gasteiger partial charge is 0.231 e. The van der Waals surface area contributed by atoms with Crippen molar-refractivity contribution in [1.29, 1.82) is 5.26 Å². The largest absolute Gasteiger partial charge is 0.493 e. The van der Waals surface area contributed by atoms with Crippen molar-refractivity contribution in [2.24, 2.45) is 0 Å². The molecule has 3 aromatic carbocycles. The van der Waals surface area contributed by atoms with Crippen LogP contribution in [0, 0.1) is 11.3 Å². The average Bonchev–Trinajstić information content (AvgIpc) is 3.34. The van der Waals surface area contributed by atoms with E-state index in [-0.39, 0.29) is 12.9 Å². The van der Waals surface area contributed by atoms with Crippen molar-refractivity contribution in [2.75, 3.05) is 27.0 Å². The Bertz CT molecular complexity index is 1190. The van der Waals surface area contributed by atoms with Gasteiger partial charge in [-0.25, -0.2) is 0 Å². The monoisotopic (exact) mass is 442 g/mol. The van der Waals surface area contributed by atoms with Gasteiger partial charge in [0.25, 0.3) is 0 Å². The molecule has 0 aromatic heterocycles. The number of ether oxygens (including phenoxy) is 4. The minimum absolute atomic E-state index is 0.210. The molecule has 5 rings (SSSR count). The molecule has 1 atom stereocenters. The van der Waals surface area contributed by atoms with Gasteiger partial charge in [-0.2, -0.15) is 5.26 Å². The number of methoxy groups -OCH3 is 1. The maximum atomic E-state index is 9.22. The molecule has 6 heteroatoms. The van der Waals surface area contributed by atoms with E-state index in [2.05, 4.69) is 35.2 Å². The number of hydrogen-bond acceptors (Lipinski definition) is 6. The zero-order valence-electron chi connectivity index (χ0n) is 18.6. The fourth-order valence-corrected chi connectivity index (χ4v) is 4.44. The second-order valence-corrected chi connectivity index (χ2v) is 8.28. The summed E-state index contributed by atoms with van der Waals surface area (Å²) < 4.78 is 23.1. The van der Waals surface area contributed by atoms with Crippen LogP contribution < -0.4 is 18.9 Å². The summed E-state index contributed by atoms with van der Waals surface area (Å²) in [6, 6.07) is 22.0. The van der Waals surface area contributed by atoms with E-state index in [0.29, 0.717) is 17.1 Å². The summed E-state index contributed by atoms with van der Waals surface area (Å²) in [5, 5.41) is 9.22. The van der Waals surface area contributed by atoms with E-state index in [1.165, 1.54) is 11.1 Å². The number of nitrogens with zero attached hydrogens (tertiary/aromatic N) is 2. The van der Waals surface area contributed by atoms with Crippen LogP contribution in [0.15, 0.2) is 60.7 Å². The molecule has 2 heterocycles. The second kappa shape index (κ2) is 9.43. The van der Waals surface area contributed by atoms with Crippen molar-refractivity contribution in [3.05, 3.63) is 82.9 Å².